The van der Waals surface area contributed by atoms with Gasteiger partial charge >= 0.3 is 85.5 Å². The topological polar surface area (TPSA) is 99.1 Å². The van der Waals surface area contributed by atoms with Gasteiger partial charge < -0.3 is 0 Å². The van der Waals surface area contributed by atoms with E-state index in [1.807, 2.05) is 52.0 Å². The van der Waals surface area contributed by atoms with Crippen molar-refractivity contribution in [1.82, 2.24) is 19.9 Å². The van der Waals surface area contributed by atoms with Gasteiger partial charge in [0.15, 0.2) is 0 Å². The van der Waals surface area contributed by atoms with Gasteiger partial charge in [-0.3, -0.25) is 19.9 Å². The Balaban J connectivity index is 0.000000683. The number of rotatable bonds is 0. The molecule has 0 bridgehead atoms. The summed E-state index contributed by atoms with van der Waals surface area (Å²) >= 11 is 0. The molecule has 0 aliphatic carbocycles. The molecule has 0 N–H and O–H groups in total. The summed E-state index contributed by atoms with van der Waals surface area (Å²) in [6.45, 7) is 10.9. The Labute approximate surface area is 308 Å². The maximum Gasteiger partial charge on any atom is 2.00 e. The van der Waals surface area contributed by atoms with Crippen molar-refractivity contribution in [1.29, 1.82) is 10.5 Å². The Hall–Kier alpha value is -4.30. The molecular weight excluding hydrogens is 859 g/mol. The van der Waals surface area contributed by atoms with Crippen LogP contribution in [0.5, 0.6) is 0 Å². The molecule has 4 aromatic heterocycles. The maximum absolute atomic E-state index is 10.7. The van der Waals surface area contributed by atoms with Crippen LogP contribution >= 0.6 is 15.6 Å². The summed E-state index contributed by atoms with van der Waals surface area (Å²) in [5.74, 6) is 0. The molecule has 0 aliphatic heterocycles. The van der Waals surface area contributed by atoms with Crippen LogP contribution < -0.4 is 0 Å². The minimum absolute atomic E-state index is 0. The molecule has 0 saturated carbocycles. The summed E-state index contributed by atoms with van der Waals surface area (Å²) < 4.78 is 118. The van der Waals surface area contributed by atoms with Gasteiger partial charge in [-0.25, -0.2) is 0 Å². The molecule has 6 rings (SSSR count). The van der Waals surface area contributed by atoms with Crippen LogP contribution in [0.25, 0.3) is 43.6 Å². The average Bonchev–Trinajstić information content (AvgIpc) is 2.95. The van der Waals surface area contributed by atoms with Crippen LogP contribution in [0.4, 0.5) is 50.4 Å². The first-order valence-corrected chi connectivity index (χ1v) is 18.3. The molecule has 53 heavy (non-hydrogen) atoms. The molecule has 6 aromatic rings. The van der Waals surface area contributed by atoms with E-state index in [0.717, 1.165) is 66.4 Å². The maximum atomic E-state index is 9.87. The number of aromatic nitrogens is 4. The number of nitrogens with zero attached hydrogens (tertiary/aromatic N) is 6. The van der Waals surface area contributed by atoms with Crippen molar-refractivity contribution in [2.45, 2.75) is 41.5 Å². The third kappa shape index (κ3) is 23.1. The van der Waals surface area contributed by atoms with Crippen molar-refractivity contribution >= 4 is 59.2 Å². The van der Waals surface area contributed by atoms with E-state index in [1.165, 1.54) is 13.8 Å². The normalized spacial score (nSPS) is 13.1. The van der Waals surface area contributed by atoms with E-state index in [2.05, 4.69) is 68.5 Å². The zero-order valence-electron chi connectivity index (χ0n) is 28.4. The van der Waals surface area contributed by atoms with Gasteiger partial charge in [-0.2, -0.15) is 10.5 Å². The molecule has 0 amide bonds. The Morgan fingerprint density at radius 3 is 0.623 bits per heavy atom. The molecule has 2 aromatic carbocycles. The van der Waals surface area contributed by atoms with Crippen LogP contribution in [0.2, 0.25) is 0 Å². The van der Waals surface area contributed by atoms with Gasteiger partial charge in [0, 0.05) is 58.2 Å². The predicted octanol–water partition coefficient (Wildman–Crippen LogP) is 14.6. The van der Waals surface area contributed by atoms with Crippen molar-refractivity contribution in [2.24, 2.45) is 0 Å². The molecule has 21 heteroatoms. The van der Waals surface area contributed by atoms with Crippen molar-refractivity contribution in [2.75, 3.05) is 0 Å². The van der Waals surface area contributed by atoms with Gasteiger partial charge in [-0.15, -0.1) is 0 Å². The first-order chi connectivity index (χ1) is 23.2. The summed E-state index contributed by atoms with van der Waals surface area (Å²) in [4.78, 5) is 18.3. The van der Waals surface area contributed by atoms with E-state index in [9.17, 15) is 50.4 Å². The molecule has 0 radical (unpaired) electrons. The van der Waals surface area contributed by atoms with Crippen LogP contribution in [0.15, 0.2) is 72.8 Å². The second-order valence-electron chi connectivity index (χ2n) is 10.6. The van der Waals surface area contributed by atoms with Crippen molar-refractivity contribution < 1.29 is 69.8 Å². The first-order valence-electron chi connectivity index (χ1n) is 14.2. The van der Waals surface area contributed by atoms with Crippen LogP contribution in [-0.2, 0) is 19.5 Å². The van der Waals surface area contributed by atoms with E-state index >= 15 is 0 Å². The second-order valence-corrected chi connectivity index (χ2v) is 14.4. The van der Waals surface area contributed by atoms with Crippen molar-refractivity contribution in [3.8, 4) is 12.1 Å². The number of halogens is 12. The Kier molecular flexibility index (Phi) is 15.1. The van der Waals surface area contributed by atoms with Crippen LogP contribution in [0, 0.1) is 50.4 Å². The van der Waals surface area contributed by atoms with E-state index in [-0.39, 0.29) is 19.5 Å². The number of aryl methyl sites for hydroxylation is 4. The summed E-state index contributed by atoms with van der Waals surface area (Å²) in [5.41, 5.74) is 8.13. The van der Waals surface area contributed by atoms with E-state index in [1.54, 1.807) is 12.1 Å². The SMILES string of the molecule is CC#N.CC#N.Cc1ccc2ccc3ccc(C)nc3c2n1.Cc1ccc2ccc3ccc(C)nc3c2n1.F[P-](F)(F)(F)(F)F.F[P-](F)(F)(F)(F)F.[Ru+2]. The van der Waals surface area contributed by atoms with E-state index in [0.29, 0.717) is 0 Å². The quantitative estimate of drug-likeness (QED) is 0.0652. The van der Waals surface area contributed by atoms with Gasteiger partial charge in [-0.1, -0.05) is 48.5 Å². The number of pyridine rings is 4. The summed E-state index contributed by atoms with van der Waals surface area (Å²) in [6, 6.07) is 28.4. The molecule has 0 spiro atoms. The third-order valence-corrected chi connectivity index (χ3v) is 5.60. The van der Waals surface area contributed by atoms with Gasteiger partial charge in [0.1, 0.15) is 0 Å². The molecule has 4 heterocycles. The summed E-state index contributed by atoms with van der Waals surface area (Å²) in [7, 11) is -21.3. The third-order valence-electron chi connectivity index (χ3n) is 5.60. The van der Waals surface area contributed by atoms with Crippen molar-refractivity contribution in [3.05, 3.63) is 95.6 Å². The second kappa shape index (κ2) is 16.4. The predicted molar refractivity (Wildman–Crippen MR) is 183 cm³/mol. The molecule has 0 aliphatic rings. The molecule has 6 nitrogen and oxygen atoms in total. The van der Waals surface area contributed by atoms with Gasteiger partial charge in [0.05, 0.1) is 34.2 Å². The fourth-order valence-electron chi connectivity index (χ4n) is 3.93. The minimum atomic E-state index is -10.7. The molecule has 0 saturated heterocycles. The number of nitriles is 2. The fraction of sp³-hybridized carbons (Fsp3) is 0.188. The van der Waals surface area contributed by atoms with Crippen molar-refractivity contribution in [3.63, 3.8) is 0 Å². The Morgan fingerprint density at radius 1 is 0.377 bits per heavy atom. The number of hydrogen-bond acceptors (Lipinski definition) is 6. The van der Waals surface area contributed by atoms with E-state index in [4.69, 9.17) is 10.5 Å². The molecule has 0 atom stereocenters. The molecular formula is C32H30F12N6P2Ru. The monoisotopic (exact) mass is 890 g/mol. The van der Waals surface area contributed by atoms with Crippen LogP contribution in [-0.4, -0.2) is 19.9 Å². The standard InChI is InChI=1S/2C14H12N2.2C2H3N.2F6P.Ru/c2*1-9-3-5-11-7-8-12-6-4-10(2)16-14(12)13(11)15-9;2*1-2-3;2*1-7(2,3,4,5)6;/h2*3-8H,1-2H3;2*1H3;;;/q;;;;2*-1;+2. The first kappa shape index (κ1) is 48.7. The minimum Gasteiger partial charge on any atom is 2.00 e. The van der Waals surface area contributed by atoms with Gasteiger partial charge in [0.2, 0.25) is 0 Å². The summed E-state index contributed by atoms with van der Waals surface area (Å²) in [5, 5.41) is 19.2. The number of hydrogen-bond donors (Lipinski definition) is 0. The smallest absolute Gasteiger partial charge is 2.00 e. The van der Waals surface area contributed by atoms with E-state index < -0.39 is 15.6 Å². The number of fused-ring (bicyclic) bond motifs is 6. The largest absolute Gasteiger partial charge is 2.00 e. The zero-order chi connectivity index (χ0) is 40.5. The zero-order valence-corrected chi connectivity index (χ0v) is 31.9. The van der Waals surface area contributed by atoms with Crippen LogP contribution in [0.3, 0.4) is 0 Å². The average molecular weight is 890 g/mol. The number of benzene rings is 2. The summed E-state index contributed by atoms with van der Waals surface area (Å²) in [6.07, 6.45) is 0. The Bertz CT molecular complexity index is 1990. The van der Waals surface area contributed by atoms with Gasteiger partial charge in [-0.05, 0) is 52.0 Å². The van der Waals surface area contributed by atoms with Crippen LogP contribution in [0.1, 0.15) is 36.6 Å². The Morgan fingerprint density at radius 2 is 0.491 bits per heavy atom. The fourth-order valence-corrected chi connectivity index (χ4v) is 3.93. The van der Waals surface area contributed by atoms with Gasteiger partial charge in [0.25, 0.3) is 0 Å². The molecule has 0 fully saturated rings. The molecule has 0 unspecified atom stereocenters. The molecule has 290 valence electrons.